The second kappa shape index (κ2) is 3.27. The predicted octanol–water partition coefficient (Wildman–Crippen LogP) is 1.84. The van der Waals surface area contributed by atoms with Gasteiger partial charge in [-0.1, -0.05) is 5.16 Å². The highest BCUT2D eigenvalue weighted by molar-refractivity contribution is 6.05. The standard InChI is InChI=1S/C10H9NO4/c1-5-8-7(15-11-5)4-3-6(14-2)9(8)10(12)13/h3-4H,1-2H3,(H,12,13). The molecule has 1 aromatic heterocycles. The summed E-state index contributed by atoms with van der Waals surface area (Å²) in [7, 11) is 1.43. The Hall–Kier alpha value is -2.04. The molecule has 78 valence electrons. The zero-order valence-electron chi connectivity index (χ0n) is 8.27. The van der Waals surface area contributed by atoms with Crippen LogP contribution in [0.1, 0.15) is 16.1 Å². The van der Waals surface area contributed by atoms with Gasteiger partial charge in [0.15, 0.2) is 5.58 Å². The lowest BCUT2D eigenvalue weighted by atomic mass is 10.1. The van der Waals surface area contributed by atoms with Crippen molar-refractivity contribution in [2.24, 2.45) is 0 Å². The topological polar surface area (TPSA) is 72.6 Å². The largest absolute Gasteiger partial charge is 0.496 e. The Morgan fingerprint density at radius 3 is 2.87 bits per heavy atom. The maximum absolute atomic E-state index is 11.1. The van der Waals surface area contributed by atoms with Crippen LogP contribution in [0, 0.1) is 6.92 Å². The van der Waals surface area contributed by atoms with E-state index < -0.39 is 5.97 Å². The maximum atomic E-state index is 11.1. The number of carboxylic acid groups (broad SMARTS) is 1. The molecule has 5 nitrogen and oxygen atoms in total. The van der Waals surface area contributed by atoms with E-state index in [0.717, 1.165) is 0 Å². The molecule has 0 atom stereocenters. The van der Waals surface area contributed by atoms with Gasteiger partial charge in [-0.05, 0) is 19.1 Å². The summed E-state index contributed by atoms with van der Waals surface area (Å²) < 4.78 is 9.96. The molecule has 0 saturated carbocycles. The molecule has 0 aliphatic carbocycles. The summed E-state index contributed by atoms with van der Waals surface area (Å²) in [5.41, 5.74) is 1.08. The van der Waals surface area contributed by atoms with Crippen molar-refractivity contribution in [1.82, 2.24) is 5.16 Å². The van der Waals surface area contributed by atoms with Crippen molar-refractivity contribution in [2.75, 3.05) is 7.11 Å². The van der Waals surface area contributed by atoms with Crippen molar-refractivity contribution < 1.29 is 19.2 Å². The van der Waals surface area contributed by atoms with Gasteiger partial charge in [-0.2, -0.15) is 0 Å². The smallest absolute Gasteiger partial charge is 0.340 e. The number of aryl methyl sites for hydroxylation is 1. The zero-order valence-corrected chi connectivity index (χ0v) is 8.27. The average molecular weight is 207 g/mol. The number of benzene rings is 1. The summed E-state index contributed by atoms with van der Waals surface area (Å²) in [6.45, 7) is 1.69. The summed E-state index contributed by atoms with van der Waals surface area (Å²) in [6, 6.07) is 3.19. The fourth-order valence-corrected chi connectivity index (χ4v) is 1.55. The molecule has 2 rings (SSSR count). The van der Waals surface area contributed by atoms with Crippen LogP contribution in [-0.2, 0) is 0 Å². The van der Waals surface area contributed by atoms with Crippen LogP contribution in [0.4, 0.5) is 0 Å². The molecule has 0 radical (unpaired) electrons. The summed E-state index contributed by atoms with van der Waals surface area (Å²) in [4.78, 5) is 11.1. The molecule has 0 fully saturated rings. The van der Waals surface area contributed by atoms with Crippen molar-refractivity contribution >= 4 is 16.9 Å². The first kappa shape index (κ1) is 9.51. The highest BCUT2D eigenvalue weighted by Crippen LogP contribution is 2.29. The first-order chi connectivity index (χ1) is 7.15. The molecule has 0 saturated heterocycles. The van der Waals surface area contributed by atoms with Crippen LogP contribution >= 0.6 is 0 Å². The van der Waals surface area contributed by atoms with Gasteiger partial charge in [-0.3, -0.25) is 0 Å². The van der Waals surface area contributed by atoms with Gasteiger partial charge in [0, 0.05) is 0 Å². The third-order valence-electron chi connectivity index (χ3n) is 2.21. The summed E-state index contributed by atoms with van der Waals surface area (Å²) in [5.74, 6) is -0.745. The van der Waals surface area contributed by atoms with E-state index in [-0.39, 0.29) is 5.56 Å². The molecule has 1 N–H and O–H groups in total. The van der Waals surface area contributed by atoms with Crippen molar-refractivity contribution in [3.05, 3.63) is 23.4 Å². The number of methoxy groups -OCH3 is 1. The molecule has 2 aromatic rings. The molecular formula is C10H9NO4. The van der Waals surface area contributed by atoms with Gasteiger partial charge in [0.2, 0.25) is 0 Å². The average Bonchev–Trinajstić information content (AvgIpc) is 2.59. The van der Waals surface area contributed by atoms with Crippen LogP contribution in [0.25, 0.3) is 11.0 Å². The molecule has 15 heavy (non-hydrogen) atoms. The third-order valence-corrected chi connectivity index (χ3v) is 2.21. The molecule has 0 amide bonds. The Labute approximate surface area is 85.2 Å². The van der Waals surface area contributed by atoms with Crippen molar-refractivity contribution in [3.8, 4) is 5.75 Å². The Bertz CT molecular complexity index is 529. The summed E-state index contributed by atoms with van der Waals surface area (Å²) in [5, 5.41) is 13.3. The first-order valence-electron chi connectivity index (χ1n) is 4.31. The maximum Gasteiger partial charge on any atom is 0.340 e. The normalized spacial score (nSPS) is 10.5. The summed E-state index contributed by atoms with van der Waals surface area (Å²) >= 11 is 0. The Morgan fingerprint density at radius 2 is 2.27 bits per heavy atom. The zero-order chi connectivity index (χ0) is 11.0. The van der Waals surface area contributed by atoms with E-state index >= 15 is 0 Å². The molecule has 0 aliphatic heterocycles. The van der Waals surface area contributed by atoms with Gasteiger partial charge < -0.3 is 14.4 Å². The highest BCUT2D eigenvalue weighted by atomic mass is 16.5. The monoisotopic (exact) mass is 207 g/mol. The Kier molecular flexibility index (Phi) is 2.07. The molecule has 5 heteroatoms. The number of ether oxygens (including phenoxy) is 1. The molecule has 0 aliphatic rings. The van der Waals surface area contributed by atoms with Crippen LogP contribution in [-0.4, -0.2) is 23.3 Å². The highest BCUT2D eigenvalue weighted by Gasteiger charge is 2.19. The van der Waals surface area contributed by atoms with Gasteiger partial charge in [0.25, 0.3) is 0 Å². The van der Waals surface area contributed by atoms with Gasteiger partial charge >= 0.3 is 5.97 Å². The molecule has 0 unspecified atom stereocenters. The molecule has 0 bridgehead atoms. The van der Waals surface area contributed by atoms with Crippen LogP contribution in [0.2, 0.25) is 0 Å². The summed E-state index contributed by atoms with van der Waals surface area (Å²) in [6.07, 6.45) is 0. The van der Waals surface area contributed by atoms with E-state index in [0.29, 0.717) is 22.4 Å². The molecule has 0 spiro atoms. The number of carboxylic acids is 1. The lowest BCUT2D eigenvalue weighted by Gasteiger charge is -2.04. The lowest BCUT2D eigenvalue weighted by molar-refractivity contribution is 0.0695. The minimum absolute atomic E-state index is 0.0914. The fourth-order valence-electron chi connectivity index (χ4n) is 1.55. The van der Waals surface area contributed by atoms with Gasteiger partial charge in [-0.25, -0.2) is 4.79 Å². The van der Waals surface area contributed by atoms with Gasteiger partial charge in [0.05, 0.1) is 18.2 Å². The van der Waals surface area contributed by atoms with Crippen molar-refractivity contribution in [2.45, 2.75) is 6.92 Å². The quantitative estimate of drug-likeness (QED) is 0.813. The minimum Gasteiger partial charge on any atom is -0.496 e. The second-order valence-electron chi connectivity index (χ2n) is 3.09. The number of aromatic carboxylic acids is 1. The first-order valence-corrected chi connectivity index (χ1v) is 4.31. The van der Waals surface area contributed by atoms with E-state index in [2.05, 4.69) is 5.16 Å². The minimum atomic E-state index is -1.05. The van der Waals surface area contributed by atoms with Gasteiger partial charge in [-0.15, -0.1) is 0 Å². The van der Waals surface area contributed by atoms with Crippen LogP contribution in [0.15, 0.2) is 16.7 Å². The van der Waals surface area contributed by atoms with Crippen LogP contribution < -0.4 is 4.74 Å². The number of fused-ring (bicyclic) bond motifs is 1. The number of aromatic nitrogens is 1. The van der Waals surface area contributed by atoms with Crippen LogP contribution in [0.5, 0.6) is 5.75 Å². The van der Waals surface area contributed by atoms with E-state index in [9.17, 15) is 4.79 Å². The fraction of sp³-hybridized carbons (Fsp3) is 0.200. The number of hydrogen-bond acceptors (Lipinski definition) is 4. The van der Waals surface area contributed by atoms with E-state index in [1.807, 2.05) is 0 Å². The van der Waals surface area contributed by atoms with E-state index in [1.165, 1.54) is 7.11 Å². The Morgan fingerprint density at radius 1 is 1.53 bits per heavy atom. The van der Waals surface area contributed by atoms with Crippen molar-refractivity contribution in [1.29, 1.82) is 0 Å². The molecular weight excluding hydrogens is 198 g/mol. The molecule has 1 aromatic carbocycles. The Balaban J connectivity index is 2.89. The number of rotatable bonds is 2. The van der Waals surface area contributed by atoms with Crippen LogP contribution in [0.3, 0.4) is 0 Å². The number of nitrogens with zero attached hydrogens (tertiary/aromatic N) is 1. The predicted molar refractivity (Wildman–Crippen MR) is 52.3 cm³/mol. The SMILES string of the molecule is COc1ccc2onc(C)c2c1C(=O)O. The molecule has 1 heterocycles. The van der Waals surface area contributed by atoms with E-state index in [4.69, 9.17) is 14.4 Å². The number of hydrogen-bond donors (Lipinski definition) is 1. The van der Waals surface area contributed by atoms with E-state index in [1.54, 1.807) is 19.1 Å². The van der Waals surface area contributed by atoms with Crippen molar-refractivity contribution in [3.63, 3.8) is 0 Å². The second-order valence-corrected chi connectivity index (χ2v) is 3.09. The third kappa shape index (κ3) is 1.32. The number of carbonyl (C=O) groups is 1. The van der Waals surface area contributed by atoms with Gasteiger partial charge in [0.1, 0.15) is 11.3 Å². The lowest BCUT2D eigenvalue weighted by Crippen LogP contribution is -2.01.